The van der Waals surface area contributed by atoms with Crippen molar-refractivity contribution in [1.29, 1.82) is 0 Å². The third-order valence-corrected chi connectivity index (χ3v) is 3.51. The van der Waals surface area contributed by atoms with Crippen molar-refractivity contribution in [3.63, 3.8) is 0 Å². The molecule has 0 aliphatic heterocycles. The van der Waals surface area contributed by atoms with Gasteiger partial charge in [0.25, 0.3) is 5.91 Å². The summed E-state index contributed by atoms with van der Waals surface area (Å²) in [5.74, 6) is 0.532. The first-order valence-corrected chi connectivity index (χ1v) is 7.84. The van der Waals surface area contributed by atoms with E-state index in [9.17, 15) is 4.79 Å². The number of aryl methyl sites for hydroxylation is 1. The number of amides is 1. The molecule has 0 aliphatic carbocycles. The fourth-order valence-corrected chi connectivity index (χ4v) is 2.15. The molecule has 1 aromatic heterocycles. The minimum absolute atomic E-state index is 0.203. The summed E-state index contributed by atoms with van der Waals surface area (Å²) >= 11 is 6.08. The first-order chi connectivity index (χ1) is 11.2. The van der Waals surface area contributed by atoms with E-state index >= 15 is 0 Å². The molecule has 128 valence electrons. The van der Waals surface area contributed by atoms with Gasteiger partial charge in [-0.3, -0.25) is 4.79 Å². The molecular weight excluding hydrogens is 328 g/mol. The van der Waals surface area contributed by atoms with Gasteiger partial charge in [0.05, 0.1) is 12.8 Å². The molecule has 0 unspecified atom stereocenters. The molecule has 24 heavy (non-hydrogen) atoms. The Bertz CT molecular complexity index is 757. The molecule has 1 aromatic carbocycles. The Morgan fingerprint density at radius 3 is 2.62 bits per heavy atom. The highest BCUT2D eigenvalue weighted by Crippen LogP contribution is 2.31. The summed E-state index contributed by atoms with van der Waals surface area (Å²) in [6, 6.07) is 4.98. The minimum atomic E-state index is -0.352. The van der Waals surface area contributed by atoms with Gasteiger partial charge in [0, 0.05) is 22.8 Å². The van der Waals surface area contributed by atoms with E-state index in [0.29, 0.717) is 22.4 Å². The molecule has 1 heterocycles. The van der Waals surface area contributed by atoms with Crippen molar-refractivity contribution in [2.45, 2.75) is 33.2 Å². The van der Waals surface area contributed by atoms with Crippen LogP contribution >= 0.6 is 11.6 Å². The molecule has 6 nitrogen and oxygen atoms in total. The maximum atomic E-state index is 12.5. The standard InChI is InChI=1S/C17H21ClN4O2/c1-10-8-13(14(24-5)9-11(10)18)20-15(23)12-6-7-19-16(21-12)22-17(2,3)4/h6-9H,1-5H3,(H,20,23)(H,19,21,22). The third-order valence-electron chi connectivity index (χ3n) is 3.10. The maximum absolute atomic E-state index is 12.5. The van der Waals surface area contributed by atoms with Gasteiger partial charge in [-0.2, -0.15) is 0 Å². The average molecular weight is 349 g/mol. The highest BCUT2D eigenvalue weighted by molar-refractivity contribution is 6.31. The SMILES string of the molecule is COc1cc(Cl)c(C)cc1NC(=O)c1ccnc(NC(C)(C)C)n1. The molecule has 7 heteroatoms. The molecule has 2 N–H and O–H groups in total. The summed E-state index contributed by atoms with van der Waals surface area (Å²) < 4.78 is 5.26. The van der Waals surface area contributed by atoms with Crippen LogP contribution < -0.4 is 15.4 Å². The van der Waals surface area contributed by atoms with Crippen LogP contribution in [-0.4, -0.2) is 28.5 Å². The zero-order valence-corrected chi connectivity index (χ0v) is 15.2. The normalized spacial score (nSPS) is 11.1. The number of benzene rings is 1. The van der Waals surface area contributed by atoms with E-state index < -0.39 is 0 Å². The fraction of sp³-hybridized carbons (Fsp3) is 0.353. The lowest BCUT2D eigenvalue weighted by Gasteiger charge is -2.20. The number of nitrogens with zero attached hydrogens (tertiary/aromatic N) is 2. The van der Waals surface area contributed by atoms with E-state index in [2.05, 4.69) is 20.6 Å². The molecule has 1 amide bonds. The van der Waals surface area contributed by atoms with Crippen LogP contribution in [0.3, 0.4) is 0 Å². The lowest BCUT2D eigenvalue weighted by atomic mass is 10.1. The van der Waals surface area contributed by atoms with E-state index in [1.165, 1.54) is 7.11 Å². The predicted molar refractivity (Wildman–Crippen MR) is 96.1 cm³/mol. The van der Waals surface area contributed by atoms with E-state index in [0.717, 1.165) is 5.56 Å². The summed E-state index contributed by atoms with van der Waals surface area (Å²) in [6.45, 7) is 7.83. The van der Waals surface area contributed by atoms with Crippen LogP contribution in [0.5, 0.6) is 5.75 Å². The summed E-state index contributed by atoms with van der Waals surface area (Å²) in [7, 11) is 1.52. The summed E-state index contributed by atoms with van der Waals surface area (Å²) in [4.78, 5) is 20.9. The van der Waals surface area contributed by atoms with Crippen molar-refractivity contribution in [1.82, 2.24) is 9.97 Å². The van der Waals surface area contributed by atoms with Crippen LogP contribution in [0.4, 0.5) is 11.6 Å². The third kappa shape index (κ3) is 4.58. The highest BCUT2D eigenvalue weighted by atomic mass is 35.5. The average Bonchev–Trinajstić information content (AvgIpc) is 2.49. The zero-order valence-electron chi connectivity index (χ0n) is 14.4. The Balaban J connectivity index is 2.24. The molecule has 0 bridgehead atoms. The zero-order chi connectivity index (χ0) is 17.9. The van der Waals surface area contributed by atoms with Crippen LogP contribution in [0, 0.1) is 6.92 Å². The lowest BCUT2D eigenvalue weighted by molar-refractivity contribution is 0.102. The number of carbonyl (C=O) groups is 1. The first kappa shape index (κ1) is 18.0. The Morgan fingerprint density at radius 2 is 2.00 bits per heavy atom. The first-order valence-electron chi connectivity index (χ1n) is 7.46. The molecule has 2 aromatic rings. The molecule has 0 radical (unpaired) electrons. The number of hydrogen-bond donors (Lipinski definition) is 2. The van der Waals surface area contributed by atoms with Gasteiger partial charge in [0.2, 0.25) is 5.95 Å². The smallest absolute Gasteiger partial charge is 0.274 e. The van der Waals surface area contributed by atoms with Crippen LogP contribution in [0.25, 0.3) is 0 Å². The van der Waals surface area contributed by atoms with E-state index in [4.69, 9.17) is 16.3 Å². The Kier molecular flexibility index (Phi) is 5.29. The second-order valence-electron chi connectivity index (χ2n) is 6.40. The van der Waals surface area contributed by atoms with Gasteiger partial charge in [-0.05, 0) is 45.4 Å². The number of anilines is 2. The monoisotopic (exact) mass is 348 g/mol. The van der Waals surface area contributed by atoms with Gasteiger partial charge < -0.3 is 15.4 Å². The Hall–Kier alpha value is -2.34. The van der Waals surface area contributed by atoms with Crippen LogP contribution in [0.2, 0.25) is 5.02 Å². The summed E-state index contributed by atoms with van der Waals surface area (Å²) in [5.41, 5.74) is 1.43. The summed E-state index contributed by atoms with van der Waals surface area (Å²) in [5, 5.41) is 6.50. The van der Waals surface area contributed by atoms with E-state index in [-0.39, 0.29) is 17.1 Å². The highest BCUT2D eigenvalue weighted by Gasteiger charge is 2.16. The number of aromatic nitrogens is 2. The largest absolute Gasteiger partial charge is 0.495 e. The molecule has 0 fully saturated rings. The van der Waals surface area contributed by atoms with E-state index in [1.807, 2.05) is 27.7 Å². The molecule has 2 rings (SSSR count). The van der Waals surface area contributed by atoms with Gasteiger partial charge >= 0.3 is 0 Å². The molecular formula is C17H21ClN4O2. The number of nitrogens with one attached hydrogen (secondary N) is 2. The molecule has 0 atom stereocenters. The molecule has 0 saturated heterocycles. The lowest BCUT2D eigenvalue weighted by Crippen LogP contribution is -2.28. The second kappa shape index (κ2) is 7.05. The van der Waals surface area contributed by atoms with E-state index in [1.54, 1.807) is 24.4 Å². The summed E-state index contributed by atoms with van der Waals surface area (Å²) in [6.07, 6.45) is 1.54. The van der Waals surface area contributed by atoms with Crippen molar-refractivity contribution in [2.24, 2.45) is 0 Å². The number of carbonyl (C=O) groups excluding carboxylic acids is 1. The minimum Gasteiger partial charge on any atom is -0.495 e. The molecule has 0 saturated carbocycles. The number of halogens is 1. The second-order valence-corrected chi connectivity index (χ2v) is 6.80. The number of methoxy groups -OCH3 is 1. The number of rotatable bonds is 4. The van der Waals surface area contributed by atoms with Gasteiger partial charge in [0.1, 0.15) is 11.4 Å². The maximum Gasteiger partial charge on any atom is 0.274 e. The van der Waals surface area contributed by atoms with Crippen LogP contribution in [0.15, 0.2) is 24.4 Å². The number of ether oxygens (including phenoxy) is 1. The van der Waals surface area contributed by atoms with Crippen molar-refractivity contribution in [3.8, 4) is 5.75 Å². The van der Waals surface area contributed by atoms with Crippen LogP contribution in [0.1, 0.15) is 36.8 Å². The number of hydrogen-bond acceptors (Lipinski definition) is 5. The van der Waals surface area contributed by atoms with Crippen molar-refractivity contribution >= 4 is 29.1 Å². The molecule has 0 spiro atoms. The van der Waals surface area contributed by atoms with Crippen molar-refractivity contribution in [3.05, 3.63) is 40.7 Å². The van der Waals surface area contributed by atoms with Gasteiger partial charge in [0.15, 0.2) is 0 Å². The van der Waals surface area contributed by atoms with Crippen LogP contribution in [-0.2, 0) is 0 Å². The van der Waals surface area contributed by atoms with Crippen molar-refractivity contribution in [2.75, 3.05) is 17.7 Å². The van der Waals surface area contributed by atoms with Crippen molar-refractivity contribution < 1.29 is 9.53 Å². The molecule has 0 aliphatic rings. The predicted octanol–water partition coefficient (Wildman–Crippen LogP) is 3.91. The quantitative estimate of drug-likeness (QED) is 0.876. The van der Waals surface area contributed by atoms with Gasteiger partial charge in [-0.15, -0.1) is 0 Å². The topological polar surface area (TPSA) is 76.1 Å². The Morgan fingerprint density at radius 1 is 1.29 bits per heavy atom. The van der Waals surface area contributed by atoms with Gasteiger partial charge in [-0.25, -0.2) is 9.97 Å². The fourth-order valence-electron chi connectivity index (χ4n) is 2.00. The Labute approximate surface area is 146 Å². The van der Waals surface area contributed by atoms with Gasteiger partial charge in [-0.1, -0.05) is 11.6 Å².